The molecule has 2 heterocycles. The molecule has 3 aromatic rings. The second-order valence-corrected chi connectivity index (χ2v) is 8.24. The van der Waals surface area contributed by atoms with Gasteiger partial charge in [0.25, 0.3) is 5.91 Å². The van der Waals surface area contributed by atoms with Crippen LogP contribution in [0, 0.1) is 6.92 Å². The summed E-state index contributed by atoms with van der Waals surface area (Å²) in [6.07, 6.45) is -4.80. The lowest BCUT2D eigenvalue weighted by atomic mass is 10.1. The van der Waals surface area contributed by atoms with Gasteiger partial charge in [-0.25, -0.2) is 9.48 Å². The highest BCUT2D eigenvalue weighted by molar-refractivity contribution is 6.01. The van der Waals surface area contributed by atoms with E-state index in [2.05, 4.69) is 10.4 Å². The third-order valence-electron chi connectivity index (χ3n) is 5.93. The minimum atomic E-state index is -4.80. The van der Waals surface area contributed by atoms with Crippen LogP contribution in [0.15, 0.2) is 48.5 Å². The number of aryl methyl sites for hydroxylation is 1. The number of rotatable bonds is 6. The van der Waals surface area contributed by atoms with Crippen LogP contribution < -0.4 is 10.2 Å². The molecule has 34 heavy (non-hydrogen) atoms. The number of aromatic carboxylic acids is 1. The highest BCUT2D eigenvalue weighted by atomic mass is 19.4. The van der Waals surface area contributed by atoms with Gasteiger partial charge in [0.2, 0.25) is 0 Å². The predicted molar refractivity (Wildman–Crippen MR) is 119 cm³/mol. The zero-order valence-electron chi connectivity index (χ0n) is 18.6. The number of carbonyl (C=O) groups excluding carboxylic acids is 1. The molecule has 0 unspecified atom stereocenters. The van der Waals surface area contributed by atoms with Gasteiger partial charge in [0.05, 0.1) is 18.2 Å². The summed E-state index contributed by atoms with van der Waals surface area (Å²) < 4.78 is 42.7. The highest BCUT2D eigenvalue weighted by Crippen LogP contribution is 2.39. The molecule has 1 aromatic heterocycles. The first-order chi connectivity index (χ1) is 16.1. The lowest BCUT2D eigenvalue weighted by molar-refractivity contribution is -0.141. The van der Waals surface area contributed by atoms with Crippen LogP contribution in [0.3, 0.4) is 0 Å². The number of benzene rings is 2. The van der Waals surface area contributed by atoms with E-state index in [4.69, 9.17) is 5.11 Å². The summed E-state index contributed by atoms with van der Waals surface area (Å²) in [6, 6.07) is 12.7. The van der Waals surface area contributed by atoms with Gasteiger partial charge in [0, 0.05) is 13.1 Å². The van der Waals surface area contributed by atoms with Crippen LogP contribution >= 0.6 is 0 Å². The topological polar surface area (TPSA) is 87.5 Å². The third kappa shape index (κ3) is 4.48. The number of fused-ring (bicyclic) bond motifs is 1. The summed E-state index contributed by atoms with van der Waals surface area (Å²) in [7, 11) is 0. The number of carbonyl (C=O) groups is 2. The fraction of sp³-hybridized carbons (Fsp3) is 0.292. The first-order valence-corrected chi connectivity index (χ1v) is 10.7. The van der Waals surface area contributed by atoms with E-state index in [1.165, 1.54) is 28.9 Å². The van der Waals surface area contributed by atoms with Crippen LogP contribution in [-0.4, -0.2) is 33.3 Å². The Kier molecular flexibility index (Phi) is 6.07. The molecule has 2 aromatic carbocycles. The SMILES string of the molecule is Cc1ccccc1CN1CCn2nc(C(F)(F)F)c(C(=O)N[C@@H](C)c3ccc(C(=O)O)cc3)c21. The predicted octanol–water partition coefficient (Wildman–Crippen LogP) is 4.42. The van der Waals surface area contributed by atoms with E-state index >= 15 is 0 Å². The molecule has 0 bridgehead atoms. The summed E-state index contributed by atoms with van der Waals surface area (Å²) in [6.45, 7) is 4.57. The van der Waals surface area contributed by atoms with Crippen LogP contribution in [0.2, 0.25) is 0 Å². The maximum atomic E-state index is 13.8. The van der Waals surface area contributed by atoms with Gasteiger partial charge in [0.1, 0.15) is 11.4 Å². The Morgan fingerprint density at radius 3 is 2.41 bits per heavy atom. The van der Waals surface area contributed by atoms with Crippen LogP contribution in [0.5, 0.6) is 0 Å². The van der Waals surface area contributed by atoms with Gasteiger partial charge in [-0.1, -0.05) is 36.4 Å². The van der Waals surface area contributed by atoms with Crippen molar-refractivity contribution in [1.82, 2.24) is 15.1 Å². The molecule has 0 saturated carbocycles. The number of aromatic nitrogens is 2. The minimum Gasteiger partial charge on any atom is -0.478 e. The molecule has 2 N–H and O–H groups in total. The van der Waals surface area contributed by atoms with Gasteiger partial charge < -0.3 is 15.3 Å². The van der Waals surface area contributed by atoms with E-state index in [9.17, 15) is 22.8 Å². The number of nitrogens with zero attached hydrogens (tertiary/aromatic N) is 3. The van der Waals surface area contributed by atoms with Crippen LogP contribution in [-0.2, 0) is 19.3 Å². The number of nitrogens with one attached hydrogen (secondary N) is 1. The van der Waals surface area contributed by atoms with E-state index in [-0.39, 0.29) is 17.9 Å². The summed E-state index contributed by atoms with van der Waals surface area (Å²) in [4.78, 5) is 26.0. The smallest absolute Gasteiger partial charge is 0.436 e. The molecule has 178 valence electrons. The van der Waals surface area contributed by atoms with E-state index in [0.717, 1.165) is 11.1 Å². The average Bonchev–Trinajstić information content (AvgIpc) is 3.35. The number of halogens is 3. The Labute approximate surface area is 193 Å². The normalized spacial score (nSPS) is 14.1. The van der Waals surface area contributed by atoms with Crippen molar-refractivity contribution >= 4 is 17.7 Å². The molecule has 0 aliphatic carbocycles. The maximum Gasteiger partial charge on any atom is 0.436 e. The summed E-state index contributed by atoms with van der Waals surface area (Å²) in [5, 5.41) is 15.4. The molecule has 1 atom stereocenters. The van der Waals surface area contributed by atoms with Crippen molar-refractivity contribution in [1.29, 1.82) is 0 Å². The van der Waals surface area contributed by atoms with Gasteiger partial charge in [0.15, 0.2) is 5.69 Å². The standard InChI is InChI=1S/C24H23F3N4O3/c1-14-5-3-4-6-18(14)13-30-11-12-31-22(30)19(20(29-31)24(25,26)27)21(32)28-15(2)16-7-9-17(10-8-16)23(33)34/h3-10,15H,11-13H2,1-2H3,(H,28,32)(H,33,34)/t15-/m0/s1. The average molecular weight is 472 g/mol. The Hall–Kier alpha value is -3.82. The highest BCUT2D eigenvalue weighted by Gasteiger charge is 2.44. The van der Waals surface area contributed by atoms with Gasteiger partial charge in [-0.05, 0) is 42.7 Å². The van der Waals surface area contributed by atoms with E-state index in [1.54, 1.807) is 11.8 Å². The minimum absolute atomic E-state index is 0.0722. The number of hydrogen-bond acceptors (Lipinski definition) is 4. The second-order valence-electron chi connectivity index (χ2n) is 8.24. The molecule has 1 aliphatic rings. The van der Waals surface area contributed by atoms with E-state index in [0.29, 0.717) is 18.7 Å². The molecule has 4 rings (SSSR count). The first kappa shape index (κ1) is 23.3. The zero-order chi connectivity index (χ0) is 24.6. The van der Waals surface area contributed by atoms with Gasteiger partial charge in [-0.15, -0.1) is 0 Å². The van der Waals surface area contributed by atoms with Crippen LogP contribution in [0.4, 0.5) is 19.0 Å². The quantitative estimate of drug-likeness (QED) is 0.555. The fourth-order valence-electron chi connectivity index (χ4n) is 4.07. The Bertz CT molecular complexity index is 1240. The molecule has 0 saturated heterocycles. The Balaban J connectivity index is 1.65. The van der Waals surface area contributed by atoms with Crippen molar-refractivity contribution in [2.75, 3.05) is 11.4 Å². The number of anilines is 1. The summed E-state index contributed by atoms with van der Waals surface area (Å²) >= 11 is 0. The van der Waals surface area contributed by atoms with Crippen LogP contribution in [0.1, 0.15) is 56.1 Å². The number of alkyl halides is 3. The molecule has 0 fully saturated rings. The molecule has 1 amide bonds. The monoisotopic (exact) mass is 472 g/mol. The van der Waals surface area contributed by atoms with Crippen molar-refractivity contribution in [3.8, 4) is 0 Å². The number of amides is 1. The van der Waals surface area contributed by atoms with Gasteiger partial charge in [-0.3, -0.25) is 4.79 Å². The number of carboxylic acid groups (broad SMARTS) is 1. The first-order valence-electron chi connectivity index (χ1n) is 10.7. The van der Waals surface area contributed by atoms with Crippen molar-refractivity contribution in [2.24, 2.45) is 0 Å². The van der Waals surface area contributed by atoms with Crippen molar-refractivity contribution in [3.63, 3.8) is 0 Å². The Morgan fingerprint density at radius 2 is 1.79 bits per heavy atom. The van der Waals surface area contributed by atoms with E-state index in [1.807, 2.05) is 31.2 Å². The zero-order valence-corrected chi connectivity index (χ0v) is 18.6. The van der Waals surface area contributed by atoms with E-state index < -0.39 is 35.4 Å². The Morgan fingerprint density at radius 1 is 1.12 bits per heavy atom. The van der Waals surface area contributed by atoms with Gasteiger partial charge in [-0.2, -0.15) is 18.3 Å². The fourth-order valence-corrected chi connectivity index (χ4v) is 4.07. The lowest BCUT2D eigenvalue weighted by Gasteiger charge is -2.21. The summed E-state index contributed by atoms with van der Waals surface area (Å²) in [5.41, 5.74) is 0.857. The van der Waals surface area contributed by atoms with Crippen molar-refractivity contribution in [2.45, 2.75) is 39.2 Å². The molecule has 0 radical (unpaired) electrons. The molecule has 0 spiro atoms. The largest absolute Gasteiger partial charge is 0.478 e. The van der Waals surface area contributed by atoms with Crippen molar-refractivity contribution in [3.05, 3.63) is 82.0 Å². The molecule has 7 nitrogen and oxygen atoms in total. The number of hydrogen-bond donors (Lipinski definition) is 2. The number of carboxylic acids is 1. The van der Waals surface area contributed by atoms with Gasteiger partial charge >= 0.3 is 12.1 Å². The van der Waals surface area contributed by atoms with Crippen LogP contribution in [0.25, 0.3) is 0 Å². The molecular weight excluding hydrogens is 449 g/mol. The molecule has 10 heteroatoms. The summed E-state index contributed by atoms with van der Waals surface area (Å²) in [5.74, 6) is -1.84. The second kappa shape index (κ2) is 8.85. The maximum absolute atomic E-state index is 13.8. The molecular formula is C24H23F3N4O3. The third-order valence-corrected chi connectivity index (χ3v) is 5.93. The van der Waals surface area contributed by atoms with Crippen molar-refractivity contribution < 1.29 is 27.9 Å². The lowest BCUT2D eigenvalue weighted by Crippen LogP contribution is -2.31. The molecule has 1 aliphatic heterocycles.